The molecule has 0 spiro atoms. The number of nitrogens with one attached hydrogen (secondary N) is 2. The average Bonchev–Trinajstić information content (AvgIpc) is 2.97. The molecule has 6 aliphatic rings. The number of carbonyl (C=O) groups is 3. The van der Waals surface area contributed by atoms with Crippen LogP contribution in [0.3, 0.4) is 0 Å². The Kier molecular flexibility index (Phi) is 4.41. The van der Waals surface area contributed by atoms with E-state index in [1.165, 1.54) is 30.6 Å². The number of imide groups is 1. The third kappa shape index (κ3) is 3.26. The van der Waals surface area contributed by atoms with Crippen LogP contribution in [0, 0.1) is 17.8 Å². The first-order valence-corrected chi connectivity index (χ1v) is 12.1. The maximum atomic E-state index is 13.0. The minimum absolute atomic E-state index is 0.0111. The highest BCUT2D eigenvalue weighted by Crippen LogP contribution is 2.55. The molecular formula is C25H31N3O3. The Morgan fingerprint density at radius 3 is 2.13 bits per heavy atom. The van der Waals surface area contributed by atoms with Crippen molar-refractivity contribution in [2.24, 2.45) is 17.8 Å². The van der Waals surface area contributed by atoms with Crippen LogP contribution < -0.4 is 10.6 Å². The summed E-state index contributed by atoms with van der Waals surface area (Å²) in [6, 6.07) is 4.93. The Morgan fingerprint density at radius 1 is 0.871 bits per heavy atom. The molecule has 6 heteroatoms. The fraction of sp³-hybridized carbons (Fsp3) is 0.640. The number of benzene rings is 1. The van der Waals surface area contributed by atoms with Crippen molar-refractivity contribution in [1.29, 1.82) is 0 Å². The number of fused-ring (bicyclic) bond motifs is 1. The number of hydrogen-bond acceptors (Lipinski definition) is 3. The molecule has 1 aliphatic heterocycles. The summed E-state index contributed by atoms with van der Waals surface area (Å²) < 4.78 is 0. The quantitative estimate of drug-likeness (QED) is 0.694. The predicted octanol–water partition coefficient (Wildman–Crippen LogP) is 4.71. The van der Waals surface area contributed by atoms with Crippen LogP contribution in [0.2, 0.25) is 0 Å². The molecule has 1 aromatic rings. The first-order valence-electron chi connectivity index (χ1n) is 12.1. The molecule has 4 amide bonds. The SMILES string of the molecule is O=C(Nc1ccc2c(c1)C(=O)N(C1CCCCC1)C2=O)NC12CC3CC(CC(C3)C1)C2. The highest BCUT2D eigenvalue weighted by molar-refractivity contribution is 6.22. The van der Waals surface area contributed by atoms with Gasteiger partial charge in [0.25, 0.3) is 11.8 Å². The van der Waals surface area contributed by atoms with Crippen molar-refractivity contribution in [1.82, 2.24) is 10.2 Å². The molecule has 0 aromatic heterocycles. The van der Waals surface area contributed by atoms with Crippen LogP contribution in [0.25, 0.3) is 0 Å². The van der Waals surface area contributed by atoms with Gasteiger partial charge < -0.3 is 10.6 Å². The number of rotatable bonds is 3. The van der Waals surface area contributed by atoms with Gasteiger partial charge >= 0.3 is 6.03 Å². The van der Waals surface area contributed by atoms with Crippen molar-refractivity contribution >= 4 is 23.5 Å². The Bertz CT molecular complexity index is 914. The monoisotopic (exact) mass is 421 g/mol. The Balaban J connectivity index is 1.16. The Hall–Kier alpha value is -2.37. The molecule has 1 heterocycles. The summed E-state index contributed by atoms with van der Waals surface area (Å²) in [6.45, 7) is 0. The Labute approximate surface area is 183 Å². The van der Waals surface area contributed by atoms with E-state index in [0.29, 0.717) is 16.8 Å². The topological polar surface area (TPSA) is 78.5 Å². The minimum atomic E-state index is -0.211. The van der Waals surface area contributed by atoms with Crippen molar-refractivity contribution in [2.45, 2.75) is 82.2 Å². The fourth-order valence-electron chi connectivity index (χ4n) is 7.68. The number of amides is 4. The molecule has 0 atom stereocenters. The number of carbonyl (C=O) groups excluding carboxylic acids is 3. The van der Waals surface area contributed by atoms with Gasteiger partial charge in [-0.15, -0.1) is 0 Å². The first kappa shape index (κ1) is 19.3. The number of hydrogen-bond donors (Lipinski definition) is 2. The zero-order chi connectivity index (χ0) is 21.2. The standard InChI is InChI=1S/C25H31N3O3/c29-22-20-7-6-18(11-21(20)23(30)28(22)19-4-2-1-3-5-19)26-24(31)27-25-12-15-8-16(13-25)10-17(9-15)14-25/h6-7,11,15-17,19H,1-5,8-10,12-14H2,(H2,26,27,31). The summed E-state index contributed by atoms with van der Waals surface area (Å²) in [5.41, 5.74) is 1.40. The van der Waals surface area contributed by atoms with E-state index in [1.54, 1.807) is 18.2 Å². The van der Waals surface area contributed by atoms with Crippen LogP contribution in [-0.4, -0.2) is 34.3 Å². The van der Waals surface area contributed by atoms with E-state index in [4.69, 9.17) is 0 Å². The molecule has 1 aromatic carbocycles. The maximum absolute atomic E-state index is 13.0. The van der Waals surface area contributed by atoms with E-state index in [-0.39, 0.29) is 29.4 Å². The highest BCUT2D eigenvalue weighted by atomic mass is 16.2. The second-order valence-electron chi connectivity index (χ2n) is 10.8. The lowest BCUT2D eigenvalue weighted by molar-refractivity contribution is -0.0127. The molecule has 0 unspecified atom stereocenters. The van der Waals surface area contributed by atoms with E-state index in [1.807, 2.05) is 0 Å². The number of urea groups is 1. The van der Waals surface area contributed by atoms with Crippen LogP contribution in [0.5, 0.6) is 0 Å². The van der Waals surface area contributed by atoms with Gasteiger partial charge in [-0.3, -0.25) is 14.5 Å². The lowest BCUT2D eigenvalue weighted by Gasteiger charge is -2.56. The zero-order valence-corrected chi connectivity index (χ0v) is 18.0. The van der Waals surface area contributed by atoms with E-state index < -0.39 is 0 Å². The molecule has 31 heavy (non-hydrogen) atoms. The van der Waals surface area contributed by atoms with Crippen molar-refractivity contribution in [3.8, 4) is 0 Å². The van der Waals surface area contributed by atoms with E-state index in [2.05, 4.69) is 10.6 Å². The number of anilines is 1. The van der Waals surface area contributed by atoms with Gasteiger partial charge in [0.1, 0.15) is 0 Å². The molecular weight excluding hydrogens is 390 g/mol. The summed E-state index contributed by atoms with van der Waals surface area (Å²) in [5.74, 6) is 1.90. The van der Waals surface area contributed by atoms with Gasteiger partial charge in [0, 0.05) is 17.3 Å². The second kappa shape index (κ2) is 7.07. The largest absolute Gasteiger partial charge is 0.332 e. The van der Waals surface area contributed by atoms with Crippen LogP contribution in [0.4, 0.5) is 10.5 Å². The normalized spacial score (nSPS) is 34.2. The third-order valence-corrected chi connectivity index (χ3v) is 8.53. The van der Waals surface area contributed by atoms with Gasteiger partial charge in [-0.05, 0) is 87.3 Å². The van der Waals surface area contributed by atoms with Crippen LogP contribution in [-0.2, 0) is 0 Å². The summed E-state index contributed by atoms with van der Waals surface area (Å²) >= 11 is 0. The van der Waals surface area contributed by atoms with Crippen LogP contribution >= 0.6 is 0 Å². The molecule has 0 saturated heterocycles. The first-order chi connectivity index (χ1) is 15.0. The molecule has 0 radical (unpaired) electrons. The van der Waals surface area contributed by atoms with Crippen molar-refractivity contribution in [3.63, 3.8) is 0 Å². The summed E-state index contributed by atoms with van der Waals surface area (Å²) in [6.07, 6.45) is 12.4. The molecule has 6 nitrogen and oxygen atoms in total. The van der Waals surface area contributed by atoms with E-state index in [9.17, 15) is 14.4 Å². The fourth-order valence-corrected chi connectivity index (χ4v) is 7.68. The summed E-state index contributed by atoms with van der Waals surface area (Å²) in [4.78, 5) is 40.2. The minimum Gasteiger partial charge on any atom is -0.332 e. The predicted molar refractivity (Wildman–Crippen MR) is 117 cm³/mol. The summed E-state index contributed by atoms with van der Waals surface area (Å²) in [7, 11) is 0. The third-order valence-electron chi connectivity index (χ3n) is 8.53. The molecule has 2 N–H and O–H groups in total. The maximum Gasteiger partial charge on any atom is 0.319 e. The van der Waals surface area contributed by atoms with Crippen molar-refractivity contribution < 1.29 is 14.4 Å². The number of nitrogens with zero attached hydrogens (tertiary/aromatic N) is 1. The molecule has 164 valence electrons. The van der Waals surface area contributed by atoms with Gasteiger partial charge in [0.05, 0.1) is 11.1 Å². The summed E-state index contributed by atoms with van der Waals surface area (Å²) in [5, 5.41) is 6.25. The lowest BCUT2D eigenvalue weighted by atomic mass is 9.53. The van der Waals surface area contributed by atoms with Gasteiger partial charge in [-0.1, -0.05) is 19.3 Å². The van der Waals surface area contributed by atoms with Crippen LogP contribution in [0.1, 0.15) is 91.3 Å². The van der Waals surface area contributed by atoms with Gasteiger partial charge in [-0.2, -0.15) is 0 Å². The Morgan fingerprint density at radius 2 is 1.48 bits per heavy atom. The van der Waals surface area contributed by atoms with E-state index >= 15 is 0 Å². The van der Waals surface area contributed by atoms with Gasteiger partial charge in [-0.25, -0.2) is 4.79 Å². The van der Waals surface area contributed by atoms with Crippen molar-refractivity contribution in [2.75, 3.05) is 5.32 Å². The van der Waals surface area contributed by atoms with E-state index in [0.717, 1.165) is 62.7 Å². The van der Waals surface area contributed by atoms with Crippen LogP contribution in [0.15, 0.2) is 18.2 Å². The average molecular weight is 422 g/mol. The lowest BCUT2D eigenvalue weighted by Crippen LogP contribution is -2.60. The highest BCUT2D eigenvalue weighted by Gasteiger charge is 2.51. The molecule has 5 aliphatic carbocycles. The smallest absolute Gasteiger partial charge is 0.319 e. The molecule has 7 rings (SSSR count). The van der Waals surface area contributed by atoms with Gasteiger partial charge in [0.2, 0.25) is 0 Å². The molecule has 4 bridgehead atoms. The molecule has 5 fully saturated rings. The zero-order valence-electron chi connectivity index (χ0n) is 18.0. The molecule has 5 saturated carbocycles. The van der Waals surface area contributed by atoms with Gasteiger partial charge in [0.15, 0.2) is 0 Å². The van der Waals surface area contributed by atoms with Crippen molar-refractivity contribution in [3.05, 3.63) is 29.3 Å². The second-order valence-corrected chi connectivity index (χ2v) is 10.8.